The number of anilines is 5. The van der Waals surface area contributed by atoms with Crippen molar-refractivity contribution in [2.75, 3.05) is 16.4 Å². The molecular formula is C16H13F3N6O. The molecule has 0 fully saturated rings. The molecule has 0 bridgehead atoms. The number of aromatic nitrogens is 3. The molecule has 0 amide bonds. The van der Waals surface area contributed by atoms with Gasteiger partial charge in [-0.15, -0.1) is 13.2 Å². The lowest BCUT2D eigenvalue weighted by molar-refractivity contribution is -0.274. The van der Waals surface area contributed by atoms with Crippen LogP contribution in [0.15, 0.2) is 55.1 Å². The Morgan fingerprint density at radius 2 is 1.38 bits per heavy atom. The third-order valence-corrected chi connectivity index (χ3v) is 3.18. The van der Waals surface area contributed by atoms with E-state index in [1.54, 1.807) is 24.5 Å². The molecule has 0 aliphatic rings. The monoisotopic (exact) mass is 362 g/mol. The van der Waals surface area contributed by atoms with E-state index in [1.165, 1.54) is 30.6 Å². The maximum atomic E-state index is 12.2. The molecule has 0 saturated heterocycles. The van der Waals surface area contributed by atoms with E-state index < -0.39 is 6.36 Å². The van der Waals surface area contributed by atoms with Crippen LogP contribution in [0.1, 0.15) is 0 Å². The Labute approximate surface area is 146 Å². The number of ether oxygens (including phenoxy) is 1. The molecule has 3 aromatic rings. The molecule has 10 heteroatoms. The molecule has 7 nitrogen and oxygen atoms in total. The van der Waals surface area contributed by atoms with Crippen LogP contribution in [0, 0.1) is 0 Å². The average Bonchev–Trinajstić information content (AvgIpc) is 2.60. The van der Waals surface area contributed by atoms with Crippen molar-refractivity contribution in [1.82, 2.24) is 15.0 Å². The van der Waals surface area contributed by atoms with E-state index in [1.807, 2.05) is 0 Å². The van der Waals surface area contributed by atoms with E-state index >= 15 is 0 Å². The summed E-state index contributed by atoms with van der Waals surface area (Å²) in [4.78, 5) is 12.0. The molecule has 3 rings (SSSR count). The third kappa shape index (κ3) is 4.50. The highest BCUT2D eigenvalue weighted by Gasteiger charge is 2.30. The standard InChI is InChI=1S/C16H13F3N6O/c17-16(18,19)26-12-3-1-10(2-4-12)24-14-13(20)15(23-9-22-14)25-11-5-7-21-8-6-11/h1-9H,20H2,(H2,21,22,23,24,25). The summed E-state index contributed by atoms with van der Waals surface area (Å²) >= 11 is 0. The molecule has 0 unspecified atom stereocenters. The van der Waals surface area contributed by atoms with Crippen molar-refractivity contribution in [2.24, 2.45) is 0 Å². The predicted molar refractivity (Wildman–Crippen MR) is 90.4 cm³/mol. The van der Waals surface area contributed by atoms with Gasteiger partial charge in [-0.3, -0.25) is 4.98 Å². The normalized spacial score (nSPS) is 11.0. The molecule has 4 N–H and O–H groups in total. The molecule has 2 heterocycles. The Bertz CT molecular complexity index is 871. The van der Waals surface area contributed by atoms with Gasteiger partial charge < -0.3 is 21.1 Å². The topological polar surface area (TPSA) is 98.0 Å². The van der Waals surface area contributed by atoms with E-state index in [0.29, 0.717) is 17.3 Å². The number of nitrogens with two attached hydrogens (primary N) is 1. The lowest BCUT2D eigenvalue weighted by Gasteiger charge is -2.13. The second kappa shape index (κ2) is 7.13. The first-order chi connectivity index (χ1) is 12.4. The summed E-state index contributed by atoms with van der Waals surface area (Å²) in [6, 6.07) is 8.69. The van der Waals surface area contributed by atoms with Crippen LogP contribution in [-0.2, 0) is 0 Å². The van der Waals surface area contributed by atoms with Gasteiger partial charge in [-0.1, -0.05) is 0 Å². The van der Waals surface area contributed by atoms with Gasteiger partial charge in [-0.05, 0) is 36.4 Å². The summed E-state index contributed by atoms with van der Waals surface area (Å²) in [7, 11) is 0. The zero-order valence-corrected chi connectivity index (χ0v) is 13.2. The molecule has 26 heavy (non-hydrogen) atoms. The molecule has 0 atom stereocenters. The first-order valence-electron chi connectivity index (χ1n) is 7.31. The fraction of sp³-hybridized carbons (Fsp3) is 0.0625. The van der Waals surface area contributed by atoms with Crippen LogP contribution in [0.25, 0.3) is 0 Å². The molecule has 0 saturated carbocycles. The quantitative estimate of drug-likeness (QED) is 0.634. The highest BCUT2D eigenvalue weighted by molar-refractivity contribution is 5.80. The number of benzene rings is 1. The van der Waals surface area contributed by atoms with E-state index in [9.17, 15) is 13.2 Å². The van der Waals surface area contributed by atoms with Crippen LogP contribution < -0.4 is 21.1 Å². The Kier molecular flexibility index (Phi) is 4.74. The molecule has 0 aliphatic carbocycles. The highest BCUT2D eigenvalue weighted by Crippen LogP contribution is 2.29. The van der Waals surface area contributed by atoms with Crippen LogP contribution >= 0.6 is 0 Å². The Hall–Kier alpha value is -3.56. The van der Waals surface area contributed by atoms with E-state index in [4.69, 9.17) is 5.73 Å². The predicted octanol–water partition coefficient (Wildman–Crippen LogP) is 3.84. The van der Waals surface area contributed by atoms with Gasteiger partial charge >= 0.3 is 6.36 Å². The summed E-state index contributed by atoms with van der Waals surface area (Å²) in [5, 5.41) is 5.96. The summed E-state index contributed by atoms with van der Waals surface area (Å²) in [5.41, 5.74) is 7.53. The van der Waals surface area contributed by atoms with Crippen molar-refractivity contribution >= 4 is 28.7 Å². The maximum absolute atomic E-state index is 12.2. The number of alkyl halides is 3. The summed E-state index contributed by atoms with van der Waals surface area (Å²) in [6.07, 6.45) is -0.199. The first-order valence-corrected chi connectivity index (χ1v) is 7.31. The van der Waals surface area contributed by atoms with Crippen LogP contribution in [-0.4, -0.2) is 21.3 Å². The summed E-state index contributed by atoms with van der Waals surface area (Å²) in [6.45, 7) is 0. The molecule has 1 aromatic carbocycles. The average molecular weight is 362 g/mol. The van der Waals surface area contributed by atoms with Gasteiger partial charge in [0, 0.05) is 23.8 Å². The Morgan fingerprint density at radius 3 is 1.92 bits per heavy atom. The van der Waals surface area contributed by atoms with E-state index in [-0.39, 0.29) is 11.4 Å². The van der Waals surface area contributed by atoms with Crippen LogP contribution in [0.5, 0.6) is 5.75 Å². The van der Waals surface area contributed by atoms with Gasteiger partial charge in [0.15, 0.2) is 11.6 Å². The smallest absolute Gasteiger partial charge is 0.406 e. The van der Waals surface area contributed by atoms with Gasteiger partial charge in [-0.2, -0.15) is 0 Å². The Balaban J connectivity index is 1.75. The number of nitrogen functional groups attached to an aromatic ring is 1. The molecule has 0 spiro atoms. The molecule has 0 radical (unpaired) electrons. The largest absolute Gasteiger partial charge is 0.573 e. The van der Waals surface area contributed by atoms with Crippen molar-refractivity contribution in [3.63, 3.8) is 0 Å². The lowest BCUT2D eigenvalue weighted by atomic mass is 10.3. The number of hydrogen-bond donors (Lipinski definition) is 3. The fourth-order valence-electron chi connectivity index (χ4n) is 2.04. The van der Waals surface area contributed by atoms with Crippen molar-refractivity contribution in [3.8, 4) is 5.75 Å². The lowest BCUT2D eigenvalue weighted by Crippen LogP contribution is -2.17. The SMILES string of the molecule is Nc1c(Nc2ccncc2)ncnc1Nc1ccc(OC(F)(F)F)cc1. The fourth-order valence-corrected chi connectivity index (χ4v) is 2.04. The molecule has 0 aliphatic heterocycles. The Morgan fingerprint density at radius 1 is 0.846 bits per heavy atom. The zero-order valence-electron chi connectivity index (χ0n) is 13.2. The van der Waals surface area contributed by atoms with Gasteiger partial charge in [0.1, 0.15) is 17.8 Å². The minimum Gasteiger partial charge on any atom is -0.406 e. The molecule has 2 aromatic heterocycles. The first kappa shape index (κ1) is 17.3. The van der Waals surface area contributed by atoms with Crippen molar-refractivity contribution in [2.45, 2.75) is 6.36 Å². The number of rotatable bonds is 5. The summed E-state index contributed by atoms with van der Waals surface area (Å²) in [5.74, 6) is 0.366. The van der Waals surface area contributed by atoms with Crippen LogP contribution in [0.4, 0.5) is 41.9 Å². The second-order valence-corrected chi connectivity index (χ2v) is 5.04. The third-order valence-electron chi connectivity index (χ3n) is 3.18. The molecule has 134 valence electrons. The maximum Gasteiger partial charge on any atom is 0.573 e. The number of nitrogens with one attached hydrogen (secondary N) is 2. The summed E-state index contributed by atoms with van der Waals surface area (Å²) < 4.78 is 40.4. The van der Waals surface area contributed by atoms with E-state index in [2.05, 4.69) is 30.3 Å². The second-order valence-electron chi connectivity index (χ2n) is 5.04. The number of halogens is 3. The van der Waals surface area contributed by atoms with Gasteiger partial charge in [0.05, 0.1) is 0 Å². The van der Waals surface area contributed by atoms with Crippen molar-refractivity contribution in [3.05, 3.63) is 55.1 Å². The van der Waals surface area contributed by atoms with E-state index in [0.717, 1.165) is 5.69 Å². The minimum absolute atomic E-state index is 0.250. The highest BCUT2D eigenvalue weighted by atomic mass is 19.4. The van der Waals surface area contributed by atoms with Gasteiger partial charge in [0.25, 0.3) is 0 Å². The number of pyridine rings is 1. The number of hydrogen-bond acceptors (Lipinski definition) is 7. The number of nitrogens with zero attached hydrogens (tertiary/aromatic N) is 3. The van der Waals surface area contributed by atoms with Crippen molar-refractivity contribution < 1.29 is 17.9 Å². The zero-order chi connectivity index (χ0) is 18.6. The van der Waals surface area contributed by atoms with Gasteiger partial charge in [-0.25, -0.2) is 9.97 Å². The van der Waals surface area contributed by atoms with Crippen molar-refractivity contribution in [1.29, 1.82) is 0 Å². The molecular weight excluding hydrogens is 349 g/mol. The van der Waals surface area contributed by atoms with Crippen LogP contribution in [0.2, 0.25) is 0 Å². The van der Waals surface area contributed by atoms with Gasteiger partial charge in [0.2, 0.25) is 0 Å². The van der Waals surface area contributed by atoms with Crippen LogP contribution in [0.3, 0.4) is 0 Å². The minimum atomic E-state index is -4.74.